The Labute approximate surface area is 110 Å². The Morgan fingerprint density at radius 1 is 1.44 bits per heavy atom. The minimum Gasteiger partial charge on any atom is -0.382 e. The van der Waals surface area contributed by atoms with Crippen LogP contribution < -0.4 is 0 Å². The molecule has 0 amide bonds. The maximum absolute atomic E-state index is 11.3. The quantitative estimate of drug-likeness (QED) is 0.874. The zero-order valence-electron chi connectivity index (χ0n) is 12.1. The van der Waals surface area contributed by atoms with Crippen LogP contribution in [0, 0.1) is 11.3 Å². The number of aryl methyl sites for hydroxylation is 1. The van der Waals surface area contributed by atoms with Crippen LogP contribution in [0.3, 0.4) is 0 Å². The van der Waals surface area contributed by atoms with Crippen molar-refractivity contribution in [3.05, 3.63) is 18.2 Å². The summed E-state index contributed by atoms with van der Waals surface area (Å²) in [6, 6.07) is 0. The van der Waals surface area contributed by atoms with Gasteiger partial charge in [-0.05, 0) is 31.1 Å². The van der Waals surface area contributed by atoms with Crippen molar-refractivity contribution in [2.24, 2.45) is 11.3 Å². The van der Waals surface area contributed by atoms with Gasteiger partial charge >= 0.3 is 0 Å². The lowest BCUT2D eigenvalue weighted by Crippen LogP contribution is -2.46. The molecular weight excluding hydrogens is 224 g/mol. The standard InChI is InChI=1S/C15H26N2O/c1-5-17-11-10-16-13(17)15(18)9-7-6-8-12(15)14(2,3)4/h10-12,18H,5-9H2,1-4H3. The van der Waals surface area contributed by atoms with E-state index in [1.165, 1.54) is 6.42 Å². The number of hydrogen-bond donors (Lipinski definition) is 1. The Hall–Kier alpha value is -0.830. The zero-order chi connectivity index (χ0) is 13.4. The summed E-state index contributed by atoms with van der Waals surface area (Å²) in [5.74, 6) is 1.15. The minimum atomic E-state index is -0.754. The van der Waals surface area contributed by atoms with E-state index in [1.54, 1.807) is 0 Å². The molecule has 3 nitrogen and oxygen atoms in total. The summed E-state index contributed by atoms with van der Waals surface area (Å²) >= 11 is 0. The third-order valence-electron chi connectivity index (χ3n) is 4.37. The van der Waals surface area contributed by atoms with E-state index in [9.17, 15) is 5.11 Å². The van der Waals surface area contributed by atoms with Gasteiger partial charge in [-0.25, -0.2) is 4.98 Å². The highest BCUT2D eigenvalue weighted by Gasteiger charge is 2.48. The summed E-state index contributed by atoms with van der Waals surface area (Å²) in [6.45, 7) is 9.66. The van der Waals surface area contributed by atoms with E-state index in [0.29, 0.717) is 0 Å². The molecule has 1 N–H and O–H groups in total. The van der Waals surface area contributed by atoms with E-state index in [2.05, 4.69) is 37.2 Å². The molecule has 1 fully saturated rings. The molecular formula is C15H26N2O. The van der Waals surface area contributed by atoms with E-state index in [0.717, 1.165) is 31.6 Å². The maximum Gasteiger partial charge on any atom is 0.141 e. The summed E-state index contributed by atoms with van der Waals surface area (Å²) in [5.41, 5.74) is -0.643. The Morgan fingerprint density at radius 2 is 2.17 bits per heavy atom. The third-order valence-corrected chi connectivity index (χ3v) is 4.37. The van der Waals surface area contributed by atoms with Gasteiger partial charge in [0.2, 0.25) is 0 Å². The van der Waals surface area contributed by atoms with Crippen molar-refractivity contribution in [3.8, 4) is 0 Å². The Morgan fingerprint density at radius 3 is 2.78 bits per heavy atom. The number of aromatic nitrogens is 2. The summed E-state index contributed by atoms with van der Waals surface area (Å²) in [4.78, 5) is 4.46. The van der Waals surface area contributed by atoms with Gasteiger partial charge in [0.25, 0.3) is 0 Å². The van der Waals surface area contributed by atoms with Crippen LogP contribution >= 0.6 is 0 Å². The molecule has 2 rings (SSSR count). The molecule has 1 aromatic rings. The van der Waals surface area contributed by atoms with Crippen molar-refractivity contribution in [2.45, 2.75) is 65.5 Å². The van der Waals surface area contributed by atoms with Gasteiger partial charge in [-0.2, -0.15) is 0 Å². The van der Waals surface area contributed by atoms with E-state index in [1.807, 2.05) is 12.4 Å². The largest absolute Gasteiger partial charge is 0.382 e. The fraction of sp³-hybridized carbons (Fsp3) is 0.800. The van der Waals surface area contributed by atoms with Crippen molar-refractivity contribution in [1.82, 2.24) is 9.55 Å². The van der Waals surface area contributed by atoms with Crippen molar-refractivity contribution >= 4 is 0 Å². The Balaban J connectivity index is 2.42. The molecule has 3 heteroatoms. The first-order valence-electron chi connectivity index (χ1n) is 7.13. The van der Waals surface area contributed by atoms with Crippen LogP contribution in [0.25, 0.3) is 0 Å². The first kappa shape index (κ1) is 13.6. The predicted molar refractivity (Wildman–Crippen MR) is 73.2 cm³/mol. The fourth-order valence-electron chi connectivity index (χ4n) is 3.52. The van der Waals surface area contributed by atoms with Crippen LogP contribution in [0.2, 0.25) is 0 Å². The normalized spacial score (nSPS) is 29.5. The molecule has 2 atom stereocenters. The average Bonchev–Trinajstić information content (AvgIpc) is 2.76. The van der Waals surface area contributed by atoms with Crippen LogP contribution in [0.15, 0.2) is 12.4 Å². The maximum atomic E-state index is 11.3. The topological polar surface area (TPSA) is 38.0 Å². The SMILES string of the molecule is CCn1ccnc1C1(O)CCCCC1C(C)(C)C. The highest BCUT2D eigenvalue weighted by atomic mass is 16.3. The monoisotopic (exact) mass is 250 g/mol. The highest BCUT2D eigenvalue weighted by Crippen LogP contribution is 2.49. The molecule has 1 aliphatic rings. The van der Waals surface area contributed by atoms with Gasteiger partial charge in [0.1, 0.15) is 11.4 Å². The van der Waals surface area contributed by atoms with E-state index in [4.69, 9.17) is 0 Å². The molecule has 0 bridgehead atoms. The van der Waals surface area contributed by atoms with Gasteiger partial charge in [-0.3, -0.25) is 0 Å². The van der Waals surface area contributed by atoms with Gasteiger partial charge in [0.05, 0.1) is 0 Å². The molecule has 1 aliphatic carbocycles. The molecule has 1 aromatic heterocycles. The molecule has 0 spiro atoms. The summed E-state index contributed by atoms with van der Waals surface area (Å²) in [7, 11) is 0. The molecule has 2 unspecified atom stereocenters. The lowest BCUT2D eigenvalue weighted by atomic mass is 9.63. The van der Waals surface area contributed by atoms with Crippen molar-refractivity contribution in [3.63, 3.8) is 0 Å². The number of imidazole rings is 1. The van der Waals surface area contributed by atoms with Gasteiger partial charge in [0, 0.05) is 18.9 Å². The van der Waals surface area contributed by atoms with Gasteiger partial charge < -0.3 is 9.67 Å². The highest BCUT2D eigenvalue weighted by molar-refractivity contribution is 5.11. The molecule has 102 valence electrons. The Bertz CT molecular complexity index is 405. The molecule has 18 heavy (non-hydrogen) atoms. The first-order valence-corrected chi connectivity index (χ1v) is 7.13. The van der Waals surface area contributed by atoms with Gasteiger partial charge in [-0.15, -0.1) is 0 Å². The van der Waals surface area contributed by atoms with Crippen molar-refractivity contribution < 1.29 is 5.11 Å². The lowest BCUT2D eigenvalue weighted by molar-refractivity contribution is -0.104. The van der Waals surface area contributed by atoms with E-state index < -0.39 is 5.60 Å². The number of rotatable bonds is 2. The Kier molecular flexibility index (Phi) is 3.54. The molecule has 0 saturated heterocycles. The number of hydrogen-bond acceptors (Lipinski definition) is 2. The van der Waals surface area contributed by atoms with Crippen molar-refractivity contribution in [1.29, 1.82) is 0 Å². The summed E-state index contributed by atoms with van der Waals surface area (Å²) in [5, 5.41) is 11.3. The second-order valence-electron chi connectivity index (χ2n) is 6.63. The molecule has 0 radical (unpaired) electrons. The summed E-state index contributed by atoms with van der Waals surface area (Å²) in [6.07, 6.45) is 8.03. The van der Waals surface area contributed by atoms with Crippen LogP contribution in [0.1, 0.15) is 59.2 Å². The summed E-state index contributed by atoms with van der Waals surface area (Å²) < 4.78 is 2.09. The number of nitrogens with zero attached hydrogens (tertiary/aromatic N) is 2. The van der Waals surface area contributed by atoms with E-state index in [-0.39, 0.29) is 11.3 Å². The molecule has 1 saturated carbocycles. The lowest BCUT2D eigenvalue weighted by Gasteiger charge is -2.46. The van der Waals surface area contributed by atoms with E-state index >= 15 is 0 Å². The average molecular weight is 250 g/mol. The van der Waals surface area contributed by atoms with Crippen LogP contribution in [-0.2, 0) is 12.1 Å². The van der Waals surface area contributed by atoms with Gasteiger partial charge in [-0.1, -0.05) is 33.6 Å². The smallest absolute Gasteiger partial charge is 0.141 e. The second kappa shape index (κ2) is 4.69. The zero-order valence-corrected chi connectivity index (χ0v) is 12.1. The molecule has 1 heterocycles. The van der Waals surface area contributed by atoms with Gasteiger partial charge in [0.15, 0.2) is 0 Å². The van der Waals surface area contributed by atoms with Crippen molar-refractivity contribution in [2.75, 3.05) is 0 Å². The third kappa shape index (κ3) is 2.20. The van der Waals surface area contributed by atoms with Crippen LogP contribution in [-0.4, -0.2) is 14.7 Å². The number of aliphatic hydroxyl groups is 1. The van der Waals surface area contributed by atoms with Crippen LogP contribution in [0.5, 0.6) is 0 Å². The van der Waals surface area contributed by atoms with Crippen LogP contribution in [0.4, 0.5) is 0 Å². The predicted octanol–water partition coefficient (Wildman–Crippen LogP) is 3.33. The second-order valence-corrected chi connectivity index (χ2v) is 6.63. The minimum absolute atomic E-state index is 0.111. The fourth-order valence-corrected chi connectivity index (χ4v) is 3.52. The molecule has 0 aliphatic heterocycles. The molecule has 0 aromatic carbocycles. The first-order chi connectivity index (χ1) is 8.39.